The molecule has 0 unspecified atom stereocenters. The van der Waals surface area contributed by atoms with E-state index in [1.807, 2.05) is 24.3 Å². The standard InChI is InChI=1S/C16H12N6O/c1-23-15-3-2-12(9-18-15)13-8-14(11-4-6-17-7-5-11)22-16(21-13)19-10-20-22/h2-10H,1H3. The van der Waals surface area contributed by atoms with Crippen molar-refractivity contribution in [3.05, 3.63) is 55.2 Å². The average Bonchev–Trinajstić information content (AvgIpc) is 3.10. The van der Waals surface area contributed by atoms with E-state index in [0.717, 1.165) is 22.5 Å². The van der Waals surface area contributed by atoms with Crippen molar-refractivity contribution in [3.63, 3.8) is 0 Å². The fourth-order valence-electron chi connectivity index (χ4n) is 2.34. The molecule has 0 spiro atoms. The van der Waals surface area contributed by atoms with Crippen LogP contribution in [0.25, 0.3) is 28.3 Å². The van der Waals surface area contributed by atoms with Crippen molar-refractivity contribution in [3.8, 4) is 28.4 Å². The molecule has 0 atom stereocenters. The largest absolute Gasteiger partial charge is 0.481 e. The number of ether oxygens (including phenoxy) is 1. The van der Waals surface area contributed by atoms with Gasteiger partial charge in [-0.25, -0.2) is 9.97 Å². The smallest absolute Gasteiger partial charge is 0.253 e. The molecule has 4 heterocycles. The number of rotatable bonds is 3. The molecule has 0 saturated carbocycles. The van der Waals surface area contributed by atoms with Gasteiger partial charge in [0.05, 0.1) is 18.5 Å². The van der Waals surface area contributed by atoms with Crippen LogP contribution in [0.3, 0.4) is 0 Å². The molecule has 0 aliphatic heterocycles. The van der Waals surface area contributed by atoms with E-state index in [1.165, 1.54) is 6.33 Å². The van der Waals surface area contributed by atoms with Crippen LogP contribution in [-0.4, -0.2) is 36.7 Å². The van der Waals surface area contributed by atoms with Gasteiger partial charge in [-0.05, 0) is 24.3 Å². The van der Waals surface area contributed by atoms with Gasteiger partial charge in [-0.3, -0.25) is 4.98 Å². The minimum absolute atomic E-state index is 0.533. The van der Waals surface area contributed by atoms with Crippen LogP contribution < -0.4 is 4.74 Å². The van der Waals surface area contributed by atoms with Crippen LogP contribution in [0.5, 0.6) is 5.88 Å². The third-order valence-electron chi connectivity index (χ3n) is 3.47. The van der Waals surface area contributed by atoms with E-state index in [1.54, 1.807) is 36.3 Å². The Kier molecular flexibility index (Phi) is 3.16. The van der Waals surface area contributed by atoms with Crippen molar-refractivity contribution >= 4 is 5.78 Å². The van der Waals surface area contributed by atoms with Gasteiger partial charge in [-0.15, -0.1) is 0 Å². The summed E-state index contributed by atoms with van der Waals surface area (Å²) in [5.74, 6) is 1.09. The van der Waals surface area contributed by atoms with E-state index < -0.39 is 0 Å². The summed E-state index contributed by atoms with van der Waals surface area (Å²) < 4.78 is 6.80. The lowest BCUT2D eigenvalue weighted by atomic mass is 10.1. The Bertz CT molecular complexity index is 949. The Hall–Kier alpha value is -3.35. The van der Waals surface area contributed by atoms with Crippen LogP contribution in [-0.2, 0) is 0 Å². The number of hydrogen-bond acceptors (Lipinski definition) is 6. The van der Waals surface area contributed by atoms with Gasteiger partial charge in [-0.2, -0.15) is 14.6 Å². The second kappa shape index (κ2) is 5.45. The highest BCUT2D eigenvalue weighted by Gasteiger charge is 2.11. The van der Waals surface area contributed by atoms with Crippen molar-refractivity contribution < 1.29 is 4.74 Å². The molecule has 7 heteroatoms. The molecule has 0 fully saturated rings. The first-order valence-electron chi connectivity index (χ1n) is 6.97. The van der Waals surface area contributed by atoms with Crippen LogP contribution in [0.2, 0.25) is 0 Å². The first kappa shape index (κ1) is 13.3. The van der Waals surface area contributed by atoms with Crippen LogP contribution >= 0.6 is 0 Å². The second-order valence-electron chi connectivity index (χ2n) is 4.82. The quantitative estimate of drug-likeness (QED) is 0.577. The first-order chi connectivity index (χ1) is 11.3. The summed E-state index contributed by atoms with van der Waals surface area (Å²) in [5, 5.41) is 4.24. The van der Waals surface area contributed by atoms with Crippen molar-refractivity contribution in [1.29, 1.82) is 0 Å². The molecule has 0 bridgehead atoms. The van der Waals surface area contributed by atoms with Crippen LogP contribution in [0.1, 0.15) is 0 Å². The molecule has 7 nitrogen and oxygen atoms in total. The molecule has 4 rings (SSSR count). The number of pyridine rings is 2. The zero-order chi connectivity index (χ0) is 15.6. The van der Waals surface area contributed by atoms with Crippen LogP contribution in [0, 0.1) is 0 Å². The lowest BCUT2D eigenvalue weighted by molar-refractivity contribution is 0.398. The van der Waals surface area contributed by atoms with E-state index in [4.69, 9.17) is 4.74 Å². The third kappa shape index (κ3) is 2.38. The van der Waals surface area contributed by atoms with Crippen molar-refractivity contribution in [2.75, 3.05) is 7.11 Å². The van der Waals surface area contributed by atoms with Gasteiger partial charge in [-0.1, -0.05) is 0 Å². The lowest BCUT2D eigenvalue weighted by Crippen LogP contribution is -1.99. The summed E-state index contributed by atoms with van der Waals surface area (Å²) in [4.78, 5) is 17.0. The maximum absolute atomic E-state index is 5.09. The van der Waals surface area contributed by atoms with Crippen molar-refractivity contribution in [2.24, 2.45) is 0 Å². The minimum atomic E-state index is 0.533. The summed E-state index contributed by atoms with van der Waals surface area (Å²) in [6, 6.07) is 9.52. The summed E-state index contributed by atoms with van der Waals surface area (Å²) >= 11 is 0. The summed E-state index contributed by atoms with van der Waals surface area (Å²) in [6.07, 6.45) is 6.70. The maximum Gasteiger partial charge on any atom is 0.253 e. The normalized spacial score (nSPS) is 10.8. The Labute approximate surface area is 131 Å². The Balaban J connectivity index is 1.91. The fraction of sp³-hybridized carbons (Fsp3) is 0.0625. The maximum atomic E-state index is 5.09. The van der Waals surface area contributed by atoms with Crippen molar-refractivity contribution in [2.45, 2.75) is 0 Å². The molecule has 0 amide bonds. The van der Waals surface area contributed by atoms with Crippen LogP contribution in [0.4, 0.5) is 0 Å². The molecular formula is C16H12N6O. The van der Waals surface area contributed by atoms with E-state index in [-0.39, 0.29) is 0 Å². The van der Waals surface area contributed by atoms with Gasteiger partial charge >= 0.3 is 0 Å². The molecule has 0 N–H and O–H groups in total. The zero-order valence-corrected chi connectivity index (χ0v) is 12.3. The SMILES string of the molecule is COc1ccc(-c2cc(-c3ccncc3)n3ncnc3n2)cn1. The molecule has 0 aliphatic rings. The van der Waals surface area contributed by atoms with Gasteiger partial charge in [0.2, 0.25) is 5.88 Å². The van der Waals surface area contributed by atoms with Gasteiger partial charge in [0.1, 0.15) is 6.33 Å². The zero-order valence-electron chi connectivity index (χ0n) is 12.3. The number of methoxy groups -OCH3 is 1. The summed E-state index contributed by atoms with van der Waals surface area (Å²) in [7, 11) is 1.59. The van der Waals surface area contributed by atoms with Gasteiger partial charge in [0, 0.05) is 35.8 Å². The monoisotopic (exact) mass is 304 g/mol. The molecule has 0 aliphatic carbocycles. The second-order valence-corrected chi connectivity index (χ2v) is 4.82. The third-order valence-corrected chi connectivity index (χ3v) is 3.47. The molecule has 0 aromatic carbocycles. The van der Waals surface area contributed by atoms with E-state index in [9.17, 15) is 0 Å². The van der Waals surface area contributed by atoms with Crippen LogP contribution in [0.15, 0.2) is 55.2 Å². The van der Waals surface area contributed by atoms with Crippen molar-refractivity contribution in [1.82, 2.24) is 29.5 Å². The highest BCUT2D eigenvalue weighted by molar-refractivity contribution is 5.69. The van der Waals surface area contributed by atoms with Gasteiger partial charge in [0.15, 0.2) is 0 Å². The molecule has 0 radical (unpaired) electrons. The Morgan fingerprint density at radius 2 is 1.87 bits per heavy atom. The minimum Gasteiger partial charge on any atom is -0.481 e. The Morgan fingerprint density at radius 3 is 2.61 bits per heavy atom. The fourth-order valence-corrected chi connectivity index (χ4v) is 2.34. The van der Waals surface area contributed by atoms with E-state index in [2.05, 4.69) is 25.0 Å². The molecule has 4 aromatic heterocycles. The molecule has 23 heavy (non-hydrogen) atoms. The van der Waals surface area contributed by atoms with Gasteiger partial charge in [0.25, 0.3) is 5.78 Å². The average molecular weight is 304 g/mol. The highest BCUT2D eigenvalue weighted by Crippen LogP contribution is 2.25. The number of nitrogens with zero attached hydrogens (tertiary/aromatic N) is 6. The first-order valence-corrected chi connectivity index (χ1v) is 6.97. The number of aromatic nitrogens is 6. The molecule has 0 saturated heterocycles. The summed E-state index contributed by atoms with van der Waals surface area (Å²) in [5.41, 5.74) is 3.53. The molecule has 112 valence electrons. The topological polar surface area (TPSA) is 78.1 Å². The predicted molar refractivity (Wildman–Crippen MR) is 83.8 cm³/mol. The molecular weight excluding hydrogens is 292 g/mol. The summed E-state index contributed by atoms with van der Waals surface area (Å²) in [6.45, 7) is 0. The predicted octanol–water partition coefficient (Wildman–Crippen LogP) is 2.26. The van der Waals surface area contributed by atoms with Gasteiger partial charge < -0.3 is 4.74 Å². The van der Waals surface area contributed by atoms with E-state index in [0.29, 0.717) is 11.7 Å². The molecule has 4 aromatic rings. The lowest BCUT2D eigenvalue weighted by Gasteiger charge is -2.07. The Morgan fingerprint density at radius 1 is 1.00 bits per heavy atom. The van der Waals surface area contributed by atoms with E-state index >= 15 is 0 Å². The number of hydrogen-bond donors (Lipinski definition) is 0. The highest BCUT2D eigenvalue weighted by atomic mass is 16.5. The number of fused-ring (bicyclic) bond motifs is 1.